The molecule has 2 aromatic rings. The molecule has 1 saturated carbocycles. The van der Waals surface area contributed by atoms with Crippen LogP contribution in [0.15, 0.2) is 36.4 Å². The summed E-state index contributed by atoms with van der Waals surface area (Å²) in [6, 6.07) is 12.3. The Bertz CT molecular complexity index is 529. The van der Waals surface area contributed by atoms with Crippen LogP contribution in [0, 0.1) is 0 Å². The molecule has 1 nitrogen and oxygen atoms in total. The van der Waals surface area contributed by atoms with Gasteiger partial charge in [-0.1, -0.05) is 35.9 Å². The summed E-state index contributed by atoms with van der Waals surface area (Å²) in [5.74, 6) is 0. The van der Waals surface area contributed by atoms with E-state index in [0.717, 1.165) is 23.3 Å². The first-order valence-electron chi connectivity index (χ1n) is 5.17. The van der Waals surface area contributed by atoms with Gasteiger partial charge in [-0.25, -0.2) is 0 Å². The molecule has 1 aliphatic carbocycles. The predicted molar refractivity (Wildman–Crippen MR) is 64.1 cm³/mol. The minimum Gasteiger partial charge on any atom is -0.321 e. The molecule has 1 fully saturated rings. The summed E-state index contributed by atoms with van der Waals surface area (Å²) in [7, 11) is 0. The van der Waals surface area contributed by atoms with E-state index in [0.29, 0.717) is 0 Å². The monoisotopic (exact) mass is 217 g/mol. The Hall–Kier alpha value is -1.05. The third kappa shape index (κ3) is 1.43. The molecule has 0 amide bonds. The molecule has 2 heteroatoms. The molecule has 1 aliphatic rings. The molecule has 0 aliphatic heterocycles. The van der Waals surface area contributed by atoms with Gasteiger partial charge in [-0.15, -0.1) is 0 Å². The lowest BCUT2D eigenvalue weighted by Crippen LogP contribution is -2.18. The average molecular weight is 218 g/mol. The lowest BCUT2D eigenvalue weighted by atomic mass is 10.0. The summed E-state index contributed by atoms with van der Waals surface area (Å²) in [5, 5.41) is 3.09. The van der Waals surface area contributed by atoms with Crippen LogP contribution in [0.1, 0.15) is 18.4 Å². The van der Waals surface area contributed by atoms with Gasteiger partial charge in [0.05, 0.1) is 0 Å². The maximum Gasteiger partial charge on any atom is 0.0484 e. The van der Waals surface area contributed by atoms with Crippen molar-refractivity contribution in [1.29, 1.82) is 0 Å². The summed E-state index contributed by atoms with van der Waals surface area (Å²) in [6.07, 6.45) is 2.17. The van der Waals surface area contributed by atoms with Gasteiger partial charge in [0.25, 0.3) is 0 Å². The molecule has 0 heterocycles. The predicted octanol–water partition coefficient (Wildman–Crippen LogP) is 3.44. The molecule has 76 valence electrons. The maximum atomic E-state index is 6.17. The Morgan fingerprint density at radius 2 is 1.93 bits per heavy atom. The van der Waals surface area contributed by atoms with Gasteiger partial charge in [0, 0.05) is 15.9 Å². The van der Waals surface area contributed by atoms with Crippen LogP contribution in [0.2, 0.25) is 5.02 Å². The fraction of sp³-hybridized carbons (Fsp3) is 0.231. The zero-order chi connectivity index (χ0) is 10.5. The Morgan fingerprint density at radius 1 is 1.13 bits per heavy atom. The third-order valence-corrected chi connectivity index (χ3v) is 3.52. The van der Waals surface area contributed by atoms with Crippen LogP contribution in [-0.2, 0) is 5.54 Å². The van der Waals surface area contributed by atoms with Gasteiger partial charge in [0.15, 0.2) is 0 Å². The molecule has 3 rings (SSSR count). The summed E-state index contributed by atoms with van der Waals surface area (Å²) in [5.41, 5.74) is 7.30. The second kappa shape index (κ2) is 2.97. The van der Waals surface area contributed by atoms with Crippen molar-refractivity contribution in [1.82, 2.24) is 0 Å². The van der Waals surface area contributed by atoms with Crippen molar-refractivity contribution in [3.05, 3.63) is 47.0 Å². The number of rotatable bonds is 1. The van der Waals surface area contributed by atoms with Crippen molar-refractivity contribution in [2.24, 2.45) is 5.73 Å². The first-order chi connectivity index (χ1) is 7.19. The number of halogens is 1. The molecule has 2 N–H and O–H groups in total. The first kappa shape index (κ1) is 9.20. The smallest absolute Gasteiger partial charge is 0.0484 e. The second-order valence-corrected chi connectivity index (χ2v) is 4.74. The van der Waals surface area contributed by atoms with E-state index in [4.69, 9.17) is 17.3 Å². The number of hydrogen-bond donors (Lipinski definition) is 1. The fourth-order valence-corrected chi connectivity index (χ4v) is 2.20. The van der Waals surface area contributed by atoms with Gasteiger partial charge >= 0.3 is 0 Å². The Labute approximate surface area is 93.8 Å². The second-order valence-electron chi connectivity index (χ2n) is 4.33. The van der Waals surface area contributed by atoms with Crippen LogP contribution in [0.5, 0.6) is 0 Å². The fourth-order valence-electron chi connectivity index (χ4n) is 1.97. The Kier molecular flexibility index (Phi) is 1.82. The summed E-state index contributed by atoms with van der Waals surface area (Å²) in [6.45, 7) is 0. The molecular formula is C13H12ClN. The topological polar surface area (TPSA) is 26.0 Å². The molecule has 0 aromatic heterocycles. The van der Waals surface area contributed by atoms with E-state index >= 15 is 0 Å². The van der Waals surface area contributed by atoms with E-state index in [2.05, 4.69) is 24.3 Å². The molecule has 0 unspecified atom stereocenters. The normalized spacial score (nSPS) is 18.0. The molecule has 0 bridgehead atoms. The van der Waals surface area contributed by atoms with E-state index in [1.165, 1.54) is 10.9 Å². The molecule has 0 radical (unpaired) electrons. The van der Waals surface area contributed by atoms with Crippen molar-refractivity contribution >= 4 is 22.4 Å². The van der Waals surface area contributed by atoms with Gasteiger partial charge in [0.1, 0.15) is 0 Å². The van der Waals surface area contributed by atoms with Crippen LogP contribution in [0.25, 0.3) is 10.8 Å². The number of hydrogen-bond acceptors (Lipinski definition) is 1. The number of nitrogens with two attached hydrogens (primary N) is 1. The third-order valence-electron chi connectivity index (χ3n) is 3.19. The highest BCUT2D eigenvalue weighted by Gasteiger charge is 2.39. The van der Waals surface area contributed by atoms with Crippen molar-refractivity contribution in [2.75, 3.05) is 0 Å². The van der Waals surface area contributed by atoms with Crippen LogP contribution < -0.4 is 5.73 Å². The summed E-state index contributed by atoms with van der Waals surface area (Å²) < 4.78 is 0. The zero-order valence-corrected chi connectivity index (χ0v) is 9.09. The van der Waals surface area contributed by atoms with Gasteiger partial charge in [-0.2, -0.15) is 0 Å². The molecule has 0 spiro atoms. The van der Waals surface area contributed by atoms with Crippen molar-refractivity contribution in [3.63, 3.8) is 0 Å². The van der Waals surface area contributed by atoms with Crippen LogP contribution in [0.4, 0.5) is 0 Å². The first-order valence-corrected chi connectivity index (χ1v) is 5.54. The van der Waals surface area contributed by atoms with Crippen LogP contribution in [0.3, 0.4) is 0 Å². The van der Waals surface area contributed by atoms with Gasteiger partial charge in [0.2, 0.25) is 0 Å². The standard InChI is InChI=1S/C13H12ClN/c14-12-3-1-2-9-4-5-10(8-11(9)12)13(15)6-7-13/h1-5,8H,6-7,15H2. The highest BCUT2D eigenvalue weighted by atomic mass is 35.5. The maximum absolute atomic E-state index is 6.17. The van der Waals surface area contributed by atoms with E-state index < -0.39 is 0 Å². The molecule has 0 atom stereocenters. The van der Waals surface area contributed by atoms with Crippen molar-refractivity contribution < 1.29 is 0 Å². The largest absolute Gasteiger partial charge is 0.321 e. The van der Waals surface area contributed by atoms with E-state index in [1.54, 1.807) is 0 Å². The molecule has 15 heavy (non-hydrogen) atoms. The SMILES string of the molecule is NC1(c2ccc3cccc(Cl)c3c2)CC1. The van der Waals surface area contributed by atoms with E-state index in [9.17, 15) is 0 Å². The molecular weight excluding hydrogens is 206 g/mol. The minimum atomic E-state index is -0.0760. The molecule has 0 saturated heterocycles. The van der Waals surface area contributed by atoms with E-state index in [1.807, 2.05) is 12.1 Å². The number of benzene rings is 2. The average Bonchev–Trinajstić information content (AvgIpc) is 2.98. The van der Waals surface area contributed by atoms with Gasteiger partial charge in [-0.3, -0.25) is 0 Å². The van der Waals surface area contributed by atoms with Crippen LogP contribution >= 0.6 is 11.6 Å². The Morgan fingerprint density at radius 3 is 2.67 bits per heavy atom. The lowest BCUT2D eigenvalue weighted by molar-refractivity contribution is 0.741. The van der Waals surface area contributed by atoms with E-state index in [-0.39, 0.29) is 5.54 Å². The Balaban J connectivity index is 2.25. The van der Waals surface area contributed by atoms with Gasteiger partial charge in [-0.05, 0) is 35.9 Å². The van der Waals surface area contributed by atoms with Crippen molar-refractivity contribution in [3.8, 4) is 0 Å². The highest BCUT2D eigenvalue weighted by molar-refractivity contribution is 6.35. The quantitative estimate of drug-likeness (QED) is 0.778. The zero-order valence-electron chi connectivity index (χ0n) is 8.33. The lowest BCUT2D eigenvalue weighted by Gasteiger charge is -2.10. The molecule has 2 aromatic carbocycles. The number of fused-ring (bicyclic) bond motifs is 1. The van der Waals surface area contributed by atoms with Gasteiger partial charge < -0.3 is 5.73 Å². The highest BCUT2D eigenvalue weighted by Crippen LogP contribution is 2.43. The van der Waals surface area contributed by atoms with Crippen LogP contribution in [-0.4, -0.2) is 0 Å². The minimum absolute atomic E-state index is 0.0760. The summed E-state index contributed by atoms with van der Waals surface area (Å²) >= 11 is 6.16. The summed E-state index contributed by atoms with van der Waals surface area (Å²) in [4.78, 5) is 0. The van der Waals surface area contributed by atoms with Crippen molar-refractivity contribution in [2.45, 2.75) is 18.4 Å².